The highest BCUT2D eigenvalue weighted by Crippen LogP contribution is 2.18. The van der Waals surface area contributed by atoms with Crippen molar-refractivity contribution in [1.82, 2.24) is 10.3 Å². The number of nitrogens with zero attached hydrogens (tertiary/aromatic N) is 2. The fraction of sp³-hybridized carbons (Fsp3) is 0.136. The van der Waals surface area contributed by atoms with Crippen LogP contribution in [0.15, 0.2) is 67.0 Å². The number of aromatic nitrogens is 1. The number of para-hydroxylation sites is 1. The number of methoxy groups -OCH3 is 1. The fourth-order valence-electron chi connectivity index (χ4n) is 2.75. The van der Waals surface area contributed by atoms with Crippen LogP contribution in [-0.4, -0.2) is 24.5 Å². The summed E-state index contributed by atoms with van der Waals surface area (Å²) in [5, 5.41) is 14.9. The molecule has 0 aliphatic carbocycles. The van der Waals surface area contributed by atoms with Gasteiger partial charge >= 0.3 is 0 Å². The van der Waals surface area contributed by atoms with Crippen LogP contribution in [0.25, 0.3) is 0 Å². The number of benzene rings is 2. The molecule has 0 aliphatic rings. The number of pyridine rings is 1. The summed E-state index contributed by atoms with van der Waals surface area (Å²) < 4.78 is 5.33. The van der Waals surface area contributed by atoms with Crippen LogP contribution in [0.4, 0.5) is 11.4 Å². The molecule has 0 atom stereocenters. The summed E-state index contributed by atoms with van der Waals surface area (Å²) in [4.78, 5) is 16.6. The Bertz CT molecular complexity index is 994. The Morgan fingerprint density at radius 1 is 1.11 bits per heavy atom. The van der Waals surface area contributed by atoms with E-state index in [0.29, 0.717) is 29.8 Å². The molecule has 0 radical (unpaired) electrons. The van der Waals surface area contributed by atoms with Crippen molar-refractivity contribution < 1.29 is 9.53 Å². The third-order valence-electron chi connectivity index (χ3n) is 4.18. The van der Waals surface area contributed by atoms with Gasteiger partial charge in [-0.25, -0.2) is 0 Å². The number of nitriles is 1. The maximum absolute atomic E-state index is 12.4. The highest BCUT2D eigenvalue weighted by Gasteiger charge is 2.08. The second-order valence-electron chi connectivity index (χ2n) is 6.09. The summed E-state index contributed by atoms with van der Waals surface area (Å²) in [7, 11) is 1.63. The van der Waals surface area contributed by atoms with Crippen molar-refractivity contribution in [1.29, 1.82) is 5.26 Å². The molecular formula is C22H20N4O2. The molecule has 0 unspecified atom stereocenters. The predicted octanol–water partition coefficient (Wildman–Crippen LogP) is 3.68. The molecule has 3 aromatic rings. The van der Waals surface area contributed by atoms with E-state index in [2.05, 4.69) is 21.7 Å². The van der Waals surface area contributed by atoms with Crippen LogP contribution in [0.5, 0.6) is 5.75 Å². The number of hydrogen-bond donors (Lipinski definition) is 2. The first kappa shape index (κ1) is 18.9. The lowest BCUT2D eigenvalue weighted by Gasteiger charge is -2.10. The number of ether oxygens (including phenoxy) is 1. The molecule has 1 heterocycles. The highest BCUT2D eigenvalue weighted by atomic mass is 16.5. The van der Waals surface area contributed by atoms with Crippen LogP contribution in [-0.2, 0) is 6.42 Å². The molecule has 140 valence electrons. The van der Waals surface area contributed by atoms with Gasteiger partial charge in [0.2, 0.25) is 0 Å². The number of amides is 1. The Morgan fingerprint density at radius 3 is 2.64 bits per heavy atom. The molecule has 28 heavy (non-hydrogen) atoms. The van der Waals surface area contributed by atoms with Crippen molar-refractivity contribution in [3.8, 4) is 11.8 Å². The predicted molar refractivity (Wildman–Crippen MR) is 108 cm³/mol. The Balaban J connectivity index is 1.59. The van der Waals surface area contributed by atoms with Gasteiger partial charge in [-0.15, -0.1) is 0 Å². The number of carbonyl (C=O) groups is 1. The lowest BCUT2D eigenvalue weighted by molar-refractivity contribution is 0.0953. The summed E-state index contributed by atoms with van der Waals surface area (Å²) in [6.45, 7) is 0.493. The second kappa shape index (κ2) is 9.19. The van der Waals surface area contributed by atoms with E-state index in [9.17, 15) is 4.79 Å². The number of carbonyl (C=O) groups excluding carboxylic acids is 1. The normalized spacial score (nSPS) is 10.0. The zero-order chi connectivity index (χ0) is 19.8. The largest absolute Gasteiger partial charge is 0.496 e. The summed E-state index contributed by atoms with van der Waals surface area (Å²) in [5.41, 5.74) is 3.61. The van der Waals surface area contributed by atoms with E-state index in [0.717, 1.165) is 17.0 Å². The van der Waals surface area contributed by atoms with Crippen LogP contribution in [0, 0.1) is 11.3 Å². The maximum Gasteiger partial charge on any atom is 0.252 e. The van der Waals surface area contributed by atoms with E-state index < -0.39 is 0 Å². The monoisotopic (exact) mass is 372 g/mol. The first-order valence-corrected chi connectivity index (χ1v) is 8.82. The van der Waals surface area contributed by atoms with Crippen LogP contribution in [0.3, 0.4) is 0 Å². The van der Waals surface area contributed by atoms with E-state index in [1.54, 1.807) is 43.6 Å². The van der Waals surface area contributed by atoms with Gasteiger partial charge in [0, 0.05) is 18.4 Å². The minimum absolute atomic E-state index is 0.189. The molecule has 6 heteroatoms. The van der Waals surface area contributed by atoms with Gasteiger partial charge in [-0.1, -0.05) is 18.2 Å². The summed E-state index contributed by atoms with van der Waals surface area (Å²) in [6.07, 6.45) is 3.85. The Kier molecular flexibility index (Phi) is 6.21. The summed E-state index contributed by atoms with van der Waals surface area (Å²) in [6, 6.07) is 18.6. The smallest absolute Gasteiger partial charge is 0.252 e. The molecule has 0 aliphatic heterocycles. The van der Waals surface area contributed by atoms with Gasteiger partial charge in [0.25, 0.3) is 5.91 Å². The fourth-order valence-corrected chi connectivity index (χ4v) is 2.75. The minimum Gasteiger partial charge on any atom is -0.496 e. The standard InChI is InChI=1S/C22H20N4O2/c1-28-21-5-3-2-4-17(21)10-11-25-22(27)18-12-20(15-24-14-18)26-19-8-6-16(13-23)7-9-19/h2-9,12,14-15,26H,10-11H2,1H3,(H,25,27). The third kappa shape index (κ3) is 4.86. The van der Waals surface area contributed by atoms with Gasteiger partial charge in [-0.05, 0) is 48.4 Å². The zero-order valence-electron chi connectivity index (χ0n) is 15.5. The Labute approximate surface area is 163 Å². The van der Waals surface area contributed by atoms with Gasteiger partial charge in [0.15, 0.2) is 0 Å². The first-order valence-electron chi connectivity index (χ1n) is 8.82. The summed E-state index contributed by atoms with van der Waals surface area (Å²) >= 11 is 0. The molecule has 0 bridgehead atoms. The molecule has 0 spiro atoms. The topological polar surface area (TPSA) is 87.0 Å². The summed E-state index contributed by atoms with van der Waals surface area (Å²) in [5.74, 6) is 0.623. The average molecular weight is 372 g/mol. The quantitative estimate of drug-likeness (QED) is 0.661. The van der Waals surface area contributed by atoms with Crippen LogP contribution < -0.4 is 15.4 Å². The SMILES string of the molecule is COc1ccccc1CCNC(=O)c1cncc(Nc2ccc(C#N)cc2)c1. The molecule has 0 saturated heterocycles. The molecule has 0 saturated carbocycles. The second-order valence-corrected chi connectivity index (χ2v) is 6.09. The molecule has 3 rings (SSSR count). The van der Waals surface area contributed by atoms with Crippen LogP contribution >= 0.6 is 0 Å². The van der Waals surface area contributed by atoms with Gasteiger partial charge in [0.05, 0.1) is 36.2 Å². The molecular weight excluding hydrogens is 352 g/mol. The Hall–Kier alpha value is -3.85. The lowest BCUT2D eigenvalue weighted by atomic mass is 10.1. The van der Waals surface area contributed by atoms with Crippen LogP contribution in [0.1, 0.15) is 21.5 Å². The van der Waals surface area contributed by atoms with Crippen molar-refractivity contribution in [2.75, 3.05) is 19.0 Å². The van der Waals surface area contributed by atoms with E-state index in [4.69, 9.17) is 10.00 Å². The molecule has 6 nitrogen and oxygen atoms in total. The number of hydrogen-bond acceptors (Lipinski definition) is 5. The van der Waals surface area contributed by atoms with Crippen molar-refractivity contribution in [3.63, 3.8) is 0 Å². The first-order chi connectivity index (χ1) is 13.7. The number of anilines is 2. The third-order valence-corrected chi connectivity index (χ3v) is 4.18. The van der Waals surface area contributed by atoms with E-state index in [1.807, 2.05) is 24.3 Å². The van der Waals surface area contributed by atoms with Crippen molar-refractivity contribution in [2.45, 2.75) is 6.42 Å². The molecule has 1 aromatic heterocycles. The number of rotatable bonds is 7. The van der Waals surface area contributed by atoms with Crippen molar-refractivity contribution >= 4 is 17.3 Å². The van der Waals surface area contributed by atoms with Gasteiger partial charge in [-0.2, -0.15) is 5.26 Å². The van der Waals surface area contributed by atoms with Gasteiger partial charge in [0.1, 0.15) is 5.75 Å². The van der Waals surface area contributed by atoms with Gasteiger partial charge < -0.3 is 15.4 Å². The van der Waals surface area contributed by atoms with E-state index in [1.165, 1.54) is 6.20 Å². The van der Waals surface area contributed by atoms with Gasteiger partial charge in [-0.3, -0.25) is 9.78 Å². The van der Waals surface area contributed by atoms with Crippen LogP contribution in [0.2, 0.25) is 0 Å². The minimum atomic E-state index is -0.189. The molecule has 1 amide bonds. The molecule has 2 aromatic carbocycles. The highest BCUT2D eigenvalue weighted by molar-refractivity contribution is 5.94. The van der Waals surface area contributed by atoms with E-state index >= 15 is 0 Å². The zero-order valence-corrected chi connectivity index (χ0v) is 15.5. The average Bonchev–Trinajstić information content (AvgIpc) is 2.74. The maximum atomic E-state index is 12.4. The number of nitrogens with one attached hydrogen (secondary N) is 2. The van der Waals surface area contributed by atoms with E-state index in [-0.39, 0.29) is 5.91 Å². The molecule has 2 N–H and O–H groups in total. The van der Waals surface area contributed by atoms with Crippen molar-refractivity contribution in [2.24, 2.45) is 0 Å². The lowest BCUT2D eigenvalue weighted by Crippen LogP contribution is -2.26. The molecule has 0 fully saturated rings. The van der Waals surface area contributed by atoms with Crippen molar-refractivity contribution in [3.05, 3.63) is 83.7 Å². The Morgan fingerprint density at radius 2 is 1.89 bits per heavy atom.